The molecule has 0 saturated heterocycles. The van der Waals surface area contributed by atoms with Crippen LogP contribution in [-0.2, 0) is 11.3 Å². The van der Waals surface area contributed by atoms with Gasteiger partial charge in [-0.05, 0) is 24.5 Å². The smallest absolute Gasteiger partial charge is 0.329 e. The van der Waals surface area contributed by atoms with Crippen LogP contribution in [0.5, 0.6) is 0 Å². The molecule has 7 nitrogen and oxygen atoms in total. The summed E-state index contributed by atoms with van der Waals surface area (Å²) in [6, 6.07) is 11.9. The van der Waals surface area contributed by atoms with Crippen molar-refractivity contribution < 1.29 is 14.7 Å². The Morgan fingerprint density at radius 3 is 2.44 bits per heavy atom. The van der Waals surface area contributed by atoms with Crippen molar-refractivity contribution in [2.24, 2.45) is 0 Å². The maximum absolute atomic E-state index is 12.5. The van der Waals surface area contributed by atoms with Gasteiger partial charge in [0.1, 0.15) is 11.2 Å². The van der Waals surface area contributed by atoms with E-state index < -0.39 is 17.4 Å². The molecular weight excluding hydrogens is 322 g/mol. The van der Waals surface area contributed by atoms with E-state index in [9.17, 15) is 19.5 Å². The Labute approximate surface area is 144 Å². The lowest BCUT2D eigenvalue weighted by Gasteiger charge is -2.25. The van der Waals surface area contributed by atoms with Crippen molar-refractivity contribution in [1.29, 1.82) is 0 Å². The summed E-state index contributed by atoms with van der Waals surface area (Å²) in [7, 11) is 0. The molecule has 1 aromatic heterocycles. The maximum Gasteiger partial charge on any atom is 0.329 e. The van der Waals surface area contributed by atoms with Gasteiger partial charge in [0.25, 0.3) is 11.5 Å². The number of benzene rings is 1. The van der Waals surface area contributed by atoms with Gasteiger partial charge in [0.15, 0.2) is 0 Å². The van der Waals surface area contributed by atoms with E-state index in [4.69, 9.17) is 0 Å². The quantitative estimate of drug-likeness (QED) is 0.856. The van der Waals surface area contributed by atoms with E-state index in [0.717, 1.165) is 18.4 Å². The van der Waals surface area contributed by atoms with Gasteiger partial charge >= 0.3 is 5.97 Å². The summed E-state index contributed by atoms with van der Waals surface area (Å²) in [6.07, 6.45) is 2.32. The maximum atomic E-state index is 12.5. The molecule has 0 aliphatic heterocycles. The third kappa shape index (κ3) is 3.60. The SMILES string of the molecule is O=C(NC1(C(=O)O)CCCC1)c1ccc(=O)n(Cc2ccccc2)n1. The number of carbonyl (C=O) groups is 2. The van der Waals surface area contributed by atoms with Gasteiger partial charge in [0.05, 0.1) is 6.54 Å². The Hall–Kier alpha value is -2.96. The normalized spacial score (nSPS) is 15.7. The predicted octanol–water partition coefficient (Wildman–Crippen LogP) is 1.42. The molecule has 130 valence electrons. The van der Waals surface area contributed by atoms with Gasteiger partial charge < -0.3 is 10.4 Å². The number of amides is 1. The molecule has 7 heteroatoms. The van der Waals surface area contributed by atoms with Crippen molar-refractivity contribution in [3.8, 4) is 0 Å². The van der Waals surface area contributed by atoms with Crippen LogP contribution in [0.15, 0.2) is 47.3 Å². The zero-order chi connectivity index (χ0) is 17.9. The van der Waals surface area contributed by atoms with E-state index in [2.05, 4.69) is 10.4 Å². The number of carboxylic acids is 1. The molecule has 1 saturated carbocycles. The van der Waals surface area contributed by atoms with Crippen molar-refractivity contribution in [2.45, 2.75) is 37.8 Å². The largest absolute Gasteiger partial charge is 0.480 e. The van der Waals surface area contributed by atoms with Crippen LogP contribution >= 0.6 is 0 Å². The van der Waals surface area contributed by atoms with Crippen LogP contribution < -0.4 is 10.9 Å². The van der Waals surface area contributed by atoms with Crippen molar-refractivity contribution in [3.05, 3.63) is 64.1 Å². The van der Waals surface area contributed by atoms with Gasteiger partial charge in [-0.15, -0.1) is 0 Å². The molecule has 1 heterocycles. The van der Waals surface area contributed by atoms with E-state index in [1.54, 1.807) is 0 Å². The molecule has 1 aromatic carbocycles. The Balaban J connectivity index is 1.83. The standard InChI is InChI=1S/C18H19N3O4/c22-15-9-8-14(20-21(15)12-13-6-2-1-3-7-13)16(23)19-18(17(24)25)10-4-5-11-18/h1-3,6-9H,4-5,10-12H2,(H,19,23)(H,24,25). The second-order valence-electron chi connectivity index (χ2n) is 6.25. The molecule has 2 N–H and O–H groups in total. The van der Waals surface area contributed by atoms with E-state index >= 15 is 0 Å². The number of nitrogens with one attached hydrogen (secondary N) is 1. The number of hydrogen-bond acceptors (Lipinski definition) is 4. The molecule has 2 aromatic rings. The second kappa shape index (κ2) is 6.88. The van der Waals surface area contributed by atoms with Crippen molar-refractivity contribution in [3.63, 3.8) is 0 Å². The summed E-state index contributed by atoms with van der Waals surface area (Å²) >= 11 is 0. The van der Waals surface area contributed by atoms with Crippen LogP contribution in [0.1, 0.15) is 41.7 Å². The van der Waals surface area contributed by atoms with E-state index in [0.29, 0.717) is 12.8 Å². The highest BCUT2D eigenvalue weighted by Crippen LogP contribution is 2.30. The first-order valence-electron chi connectivity index (χ1n) is 8.18. The molecule has 0 unspecified atom stereocenters. The highest BCUT2D eigenvalue weighted by Gasteiger charge is 2.42. The summed E-state index contributed by atoms with van der Waals surface area (Å²) in [5.74, 6) is -1.61. The van der Waals surface area contributed by atoms with Crippen molar-refractivity contribution in [2.75, 3.05) is 0 Å². The number of aromatic nitrogens is 2. The molecule has 0 bridgehead atoms. The average Bonchev–Trinajstić information content (AvgIpc) is 3.07. The highest BCUT2D eigenvalue weighted by molar-refractivity contribution is 5.96. The van der Waals surface area contributed by atoms with Crippen LogP contribution in [-0.4, -0.2) is 32.3 Å². The Morgan fingerprint density at radius 2 is 1.80 bits per heavy atom. The molecule has 1 amide bonds. The summed E-state index contributed by atoms with van der Waals surface area (Å²) in [6.45, 7) is 0.241. The van der Waals surface area contributed by atoms with Crippen molar-refractivity contribution in [1.82, 2.24) is 15.1 Å². The van der Waals surface area contributed by atoms with E-state index in [1.165, 1.54) is 16.8 Å². The predicted molar refractivity (Wildman–Crippen MR) is 90.3 cm³/mol. The zero-order valence-electron chi connectivity index (χ0n) is 13.6. The van der Waals surface area contributed by atoms with Crippen LogP contribution in [0.3, 0.4) is 0 Å². The second-order valence-corrected chi connectivity index (χ2v) is 6.25. The zero-order valence-corrected chi connectivity index (χ0v) is 13.6. The van der Waals surface area contributed by atoms with E-state index in [1.807, 2.05) is 30.3 Å². The summed E-state index contributed by atoms with van der Waals surface area (Å²) in [4.78, 5) is 36.0. The minimum absolute atomic E-state index is 0.0306. The van der Waals surface area contributed by atoms with Crippen LogP contribution in [0.4, 0.5) is 0 Å². The third-order valence-corrected chi connectivity index (χ3v) is 4.49. The van der Waals surface area contributed by atoms with Gasteiger partial charge in [0, 0.05) is 6.07 Å². The first kappa shape index (κ1) is 16.9. The lowest BCUT2D eigenvalue weighted by atomic mass is 9.97. The molecule has 1 aliphatic carbocycles. The number of carboxylic acid groups (broad SMARTS) is 1. The van der Waals surface area contributed by atoms with Crippen molar-refractivity contribution >= 4 is 11.9 Å². The molecule has 25 heavy (non-hydrogen) atoms. The van der Waals surface area contributed by atoms with Gasteiger partial charge in [-0.2, -0.15) is 5.10 Å². The van der Waals surface area contributed by atoms with Crippen LogP contribution in [0.2, 0.25) is 0 Å². The minimum Gasteiger partial charge on any atom is -0.480 e. The lowest BCUT2D eigenvalue weighted by Crippen LogP contribution is -2.52. The molecule has 0 radical (unpaired) electrons. The Bertz CT molecular complexity index is 839. The number of nitrogens with zero attached hydrogens (tertiary/aromatic N) is 2. The van der Waals surface area contributed by atoms with E-state index in [-0.39, 0.29) is 17.8 Å². The summed E-state index contributed by atoms with van der Waals surface area (Å²) in [5.41, 5.74) is -0.649. The number of rotatable bonds is 5. The Kier molecular flexibility index (Phi) is 4.65. The molecule has 1 aliphatic rings. The molecule has 0 spiro atoms. The summed E-state index contributed by atoms with van der Waals surface area (Å²) < 4.78 is 1.20. The topological polar surface area (TPSA) is 101 Å². The Morgan fingerprint density at radius 1 is 1.12 bits per heavy atom. The number of aliphatic carboxylic acids is 1. The van der Waals surface area contributed by atoms with Gasteiger partial charge in [-0.1, -0.05) is 43.2 Å². The van der Waals surface area contributed by atoms with Gasteiger partial charge in [-0.3, -0.25) is 9.59 Å². The minimum atomic E-state index is -1.24. The van der Waals surface area contributed by atoms with Gasteiger partial charge in [0.2, 0.25) is 0 Å². The molecule has 3 rings (SSSR count). The fraction of sp³-hybridized carbons (Fsp3) is 0.333. The van der Waals surface area contributed by atoms with Crippen LogP contribution in [0, 0.1) is 0 Å². The lowest BCUT2D eigenvalue weighted by molar-refractivity contribution is -0.144. The molecule has 0 atom stereocenters. The number of carbonyl (C=O) groups excluding carboxylic acids is 1. The average molecular weight is 341 g/mol. The van der Waals surface area contributed by atoms with Gasteiger partial charge in [-0.25, -0.2) is 9.48 Å². The number of hydrogen-bond donors (Lipinski definition) is 2. The molecule has 1 fully saturated rings. The first-order chi connectivity index (χ1) is 12.0. The first-order valence-corrected chi connectivity index (χ1v) is 8.18. The highest BCUT2D eigenvalue weighted by atomic mass is 16.4. The fourth-order valence-electron chi connectivity index (χ4n) is 3.09. The van der Waals surface area contributed by atoms with Crippen LogP contribution in [0.25, 0.3) is 0 Å². The third-order valence-electron chi connectivity index (χ3n) is 4.49. The fourth-order valence-corrected chi connectivity index (χ4v) is 3.09. The summed E-state index contributed by atoms with van der Waals surface area (Å²) in [5, 5.41) is 16.2. The molecular formula is C18H19N3O4. The monoisotopic (exact) mass is 341 g/mol.